The van der Waals surface area contributed by atoms with Crippen LogP contribution in [-0.4, -0.2) is 88.4 Å². The second-order valence-electron chi connectivity index (χ2n) is 5.64. The molecule has 0 aliphatic carbocycles. The molecule has 166 valence electrons. The predicted molar refractivity (Wildman–Crippen MR) is 120 cm³/mol. The van der Waals surface area contributed by atoms with E-state index in [-0.39, 0.29) is 23.0 Å². The molecule has 0 aromatic carbocycles. The third kappa shape index (κ3) is 10.3. The highest BCUT2D eigenvalue weighted by Crippen LogP contribution is 1.95. The van der Waals surface area contributed by atoms with Crippen molar-refractivity contribution in [3.05, 3.63) is 0 Å². The summed E-state index contributed by atoms with van der Waals surface area (Å²) in [7, 11) is 0. The van der Waals surface area contributed by atoms with Crippen molar-refractivity contribution in [2.24, 2.45) is 5.73 Å². The van der Waals surface area contributed by atoms with Gasteiger partial charge in [-0.05, 0) is 0 Å². The highest BCUT2D eigenvalue weighted by molar-refractivity contribution is 7.80. The largest absolute Gasteiger partial charge is 0.480 e. The number of aliphatic carboxylic acids is 1. The first-order chi connectivity index (χ1) is 13.6. The minimum atomic E-state index is -1.28. The van der Waals surface area contributed by atoms with E-state index in [2.05, 4.69) is 71.8 Å². The van der Waals surface area contributed by atoms with E-state index in [1.165, 1.54) is 0 Å². The normalized spacial score (nSPS) is 14.7. The van der Waals surface area contributed by atoms with Crippen LogP contribution in [-0.2, 0) is 24.0 Å². The van der Waals surface area contributed by atoms with Crippen LogP contribution in [0.3, 0.4) is 0 Å². The fourth-order valence-corrected chi connectivity index (χ4v) is 2.67. The summed E-state index contributed by atoms with van der Waals surface area (Å²) < 4.78 is 0. The monoisotopic (exact) mass is 487 g/mol. The van der Waals surface area contributed by atoms with Crippen molar-refractivity contribution in [3.63, 3.8) is 0 Å². The van der Waals surface area contributed by atoms with Crippen LogP contribution in [0.4, 0.5) is 0 Å². The Kier molecular flexibility index (Phi) is 14.0. The lowest BCUT2D eigenvalue weighted by molar-refractivity contribution is -0.141. The van der Waals surface area contributed by atoms with E-state index in [0.717, 1.165) is 0 Å². The highest BCUT2D eigenvalue weighted by atomic mass is 32.1. The molecule has 0 aromatic heterocycles. The van der Waals surface area contributed by atoms with E-state index in [0.29, 0.717) is 0 Å². The standard InChI is InChI=1S/C14H25N5O6S4/c15-6(2-26)11(21)18-7(3-27)12(22)16-1-10(20)17-8(4-28)13(23)19-9(5-29)14(24)25/h6-9,26-29H,1-5,15H2,(H,16,22)(H,17,20)(H,18,21)(H,19,23)(H,24,25)/t6-,7-,8-,9-/m0/s1. The molecule has 29 heavy (non-hydrogen) atoms. The number of nitrogens with one attached hydrogen (secondary N) is 4. The molecule has 4 amide bonds. The Morgan fingerprint density at radius 3 is 1.66 bits per heavy atom. The van der Waals surface area contributed by atoms with E-state index >= 15 is 0 Å². The molecule has 15 heteroatoms. The summed E-state index contributed by atoms with van der Waals surface area (Å²) in [6, 6.07) is -4.29. The number of nitrogens with two attached hydrogens (primary N) is 1. The SMILES string of the molecule is N[C@@H](CS)C(=O)N[C@@H](CS)C(=O)NCC(=O)N[C@@H](CS)C(=O)N[C@@H](CS)C(=O)O. The number of carbonyl (C=O) groups is 5. The smallest absolute Gasteiger partial charge is 0.327 e. The third-order valence-corrected chi connectivity index (χ3v) is 4.89. The average molecular weight is 488 g/mol. The van der Waals surface area contributed by atoms with Gasteiger partial charge in [-0.25, -0.2) is 4.79 Å². The van der Waals surface area contributed by atoms with E-state index in [1.54, 1.807) is 0 Å². The van der Waals surface area contributed by atoms with Gasteiger partial charge in [-0.2, -0.15) is 50.5 Å². The summed E-state index contributed by atoms with van der Waals surface area (Å²) in [4.78, 5) is 58.8. The van der Waals surface area contributed by atoms with Gasteiger partial charge in [0.2, 0.25) is 23.6 Å². The fourth-order valence-electron chi connectivity index (χ4n) is 1.74. The van der Waals surface area contributed by atoms with E-state index < -0.39 is 60.3 Å². The topological polar surface area (TPSA) is 180 Å². The maximum absolute atomic E-state index is 12.1. The van der Waals surface area contributed by atoms with Crippen LogP contribution < -0.4 is 27.0 Å². The summed E-state index contributed by atoms with van der Waals surface area (Å²) in [6.45, 7) is -0.496. The van der Waals surface area contributed by atoms with Crippen molar-refractivity contribution >= 4 is 80.1 Å². The van der Waals surface area contributed by atoms with E-state index in [9.17, 15) is 24.0 Å². The molecule has 0 fully saturated rings. The molecule has 0 unspecified atom stereocenters. The second-order valence-corrected chi connectivity index (χ2v) is 7.10. The second kappa shape index (κ2) is 14.7. The first-order valence-corrected chi connectivity index (χ1v) is 10.7. The molecule has 0 radical (unpaired) electrons. The van der Waals surface area contributed by atoms with Gasteiger partial charge in [0, 0.05) is 23.0 Å². The molecule has 0 aromatic rings. The van der Waals surface area contributed by atoms with Crippen molar-refractivity contribution in [1.29, 1.82) is 0 Å². The van der Waals surface area contributed by atoms with E-state index in [1.807, 2.05) is 0 Å². The summed E-state index contributed by atoms with van der Waals surface area (Å²) in [5, 5.41) is 18.1. The molecule has 0 heterocycles. The van der Waals surface area contributed by atoms with Crippen molar-refractivity contribution in [2.75, 3.05) is 29.6 Å². The molecule has 0 saturated carbocycles. The third-order valence-electron chi connectivity index (χ3n) is 3.40. The molecular weight excluding hydrogens is 462 g/mol. The quantitative estimate of drug-likeness (QED) is 0.121. The maximum Gasteiger partial charge on any atom is 0.327 e. The van der Waals surface area contributed by atoms with Gasteiger partial charge >= 0.3 is 5.97 Å². The van der Waals surface area contributed by atoms with Gasteiger partial charge in [-0.3, -0.25) is 19.2 Å². The number of amides is 4. The number of thiol groups is 4. The number of rotatable bonds is 13. The van der Waals surface area contributed by atoms with Gasteiger partial charge in [0.1, 0.15) is 18.1 Å². The average Bonchev–Trinajstić information content (AvgIpc) is 2.70. The van der Waals surface area contributed by atoms with Crippen molar-refractivity contribution in [1.82, 2.24) is 21.3 Å². The van der Waals surface area contributed by atoms with Gasteiger partial charge in [0.25, 0.3) is 0 Å². The lowest BCUT2D eigenvalue weighted by atomic mass is 10.2. The molecule has 4 atom stereocenters. The van der Waals surface area contributed by atoms with Gasteiger partial charge < -0.3 is 32.1 Å². The van der Waals surface area contributed by atoms with Gasteiger partial charge in [0.15, 0.2) is 0 Å². The number of hydrogen-bond acceptors (Lipinski definition) is 10. The van der Waals surface area contributed by atoms with E-state index in [4.69, 9.17) is 10.8 Å². The fraction of sp³-hybridized carbons (Fsp3) is 0.643. The molecule has 7 N–H and O–H groups in total. The molecule has 11 nitrogen and oxygen atoms in total. The predicted octanol–water partition coefficient (Wildman–Crippen LogP) is -3.31. The van der Waals surface area contributed by atoms with Crippen molar-refractivity contribution in [3.8, 4) is 0 Å². The molecule has 0 aliphatic rings. The summed E-state index contributed by atoms with van der Waals surface area (Å²) in [5.41, 5.74) is 5.51. The maximum atomic E-state index is 12.1. The molecule has 0 spiro atoms. The summed E-state index contributed by atoms with van der Waals surface area (Å²) in [6.07, 6.45) is 0. The lowest BCUT2D eigenvalue weighted by Gasteiger charge is -2.20. The first-order valence-electron chi connectivity index (χ1n) is 8.20. The Labute approximate surface area is 189 Å². The molecular formula is C14H25N5O6S4. The zero-order valence-electron chi connectivity index (χ0n) is 15.2. The Bertz CT molecular complexity index is 611. The molecule has 0 aliphatic heterocycles. The molecule has 0 bridgehead atoms. The van der Waals surface area contributed by atoms with Crippen LogP contribution in [0.2, 0.25) is 0 Å². The van der Waals surface area contributed by atoms with Crippen molar-refractivity contribution < 1.29 is 29.1 Å². The first kappa shape index (κ1) is 27.7. The van der Waals surface area contributed by atoms with Crippen LogP contribution in [0, 0.1) is 0 Å². The van der Waals surface area contributed by atoms with Crippen LogP contribution in [0.15, 0.2) is 0 Å². The summed E-state index contributed by atoms with van der Waals surface area (Å²) in [5.74, 6) is -4.24. The zero-order valence-corrected chi connectivity index (χ0v) is 18.8. The number of hydrogen-bond donors (Lipinski definition) is 10. The number of carboxylic acid groups (broad SMARTS) is 1. The van der Waals surface area contributed by atoms with Crippen molar-refractivity contribution in [2.45, 2.75) is 24.2 Å². The number of carboxylic acids is 1. The Morgan fingerprint density at radius 1 is 0.724 bits per heavy atom. The van der Waals surface area contributed by atoms with Gasteiger partial charge in [-0.15, -0.1) is 0 Å². The summed E-state index contributed by atoms with van der Waals surface area (Å²) >= 11 is 15.6. The van der Waals surface area contributed by atoms with Crippen LogP contribution >= 0.6 is 50.5 Å². The minimum Gasteiger partial charge on any atom is -0.480 e. The Hall–Kier alpha value is -1.29. The van der Waals surface area contributed by atoms with Crippen LogP contribution in [0.5, 0.6) is 0 Å². The van der Waals surface area contributed by atoms with Gasteiger partial charge in [0.05, 0.1) is 12.6 Å². The number of carbonyl (C=O) groups excluding carboxylic acids is 4. The lowest BCUT2D eigenvalue weighted by Crippen LogP contribution is -2.56. The van der Waals surface area contributed by atoms with Crippen LogP contribution in [0.25, 0.3) is 0 Å². The molecule has 0 rings (SSSR count). The highest BCUT2D eigenvalue weighted by Gasteiger charge is 2.26. The van der Waals surface area contributed by atoms with Gasteiger partial charge in [-0.1, -0.05) is 0 Å². The zero-order chi connectivity index (χ0) is 22.6. The minimum absolute atomic E-state index is 0.0412. The Morgan fingerprint density at radius 2 is 1.21 bits per heavy atom. The van der Waals surface area contributed by atoms with Crippen LogP contribution in [0.1, 0.15) is 0 Å². The Balaban J connectivity index is 4.66. The molecule has 0 saturated heterocycles.